The van der Waals surface area contributed by atoms with Crippen molar-refractivity contribution in [2.75, 3.05) is 7.05 Å². The summed E-state index contributed by atoms with van der Waals surface area (Å²) in [4.78, 5) is 20.2. The number of benzene rings is 2. The fourth-order valence-corrected chi connectivity index (χ4v) is 5.34. The summed E-state index contributed by atoms with van der Waals surface area (Å²) in [5.41, 5.74) is 2.52. The van der Waals surface area contributed by atoms with Crippen LogP contribution in [0, 0.1) is 0 Å². The van der Waals surface area contributed by atoms with E-state index in [2.05, 4.69) is 17.5 Å². The first-order chi connectivity index (χ1) is 13.6. The van der Waals surface area contributed by atoms with Crippen molar-refractivity contribution < 1.29 is 4.79 Å². The molecule has 0 radical (unpaired) electrons. The number of nitrogens with zero attached hydrogens (tertiary/aromatic N) is 2. The number of hydrogen-bond acceptors (Lipinski definition) is 4. The van der Waals surface area contributed by atoms with Gasteiger partial charge in [0.2, 0.25) is 5.91 Å². The number of hydrogen-bond donors (Lipinski definition) is 0. The van der Waals surface area contributed by atoms with Crippen molar-refractivity contribution in [2.24, 2.45) is 0 Å². The molecule has 2 aromatic carbocycles. The van der Waals surface area contributed by atoms with Crippen LogP contribution in [0.25, 0.3) is 10.2 Å². The summed E-state index contributed by atoms with van der Waals surface area (Å²) < 4.78 is 1.16. The molecule has 2 heterocycles. The van der Waals surface area contributed by atoms with Crippen LogP contribution < -0.4 is 0 Å². The SMILES string of the molecule is CN(Cc1ccsc1)C(=O)[C@](C)(Cc1nc2ccccc2s1)c1ccccc1. The normalized spacial score (nSPS) is 13.4. The Hall–Kier alpha value is -2.50. The van der Waals surface area contributed by atoms with Crippen molar-refractivity contribution in [1.29, 1.82) is 0 Å². The third-order valence-electron chi connectivity index (χ3n) is 5.07. The Kier molecular flexibility index (Phi) is 5.29. The molecule has 2 aromatic heterocycles. The predicted octanol–water partition coefficient (Wildman–Crippen LogP) is 5.52. The number of thiazole rings is 1. The molecule has 5 heteroatoms. The average molecular weight is 407 g/mol. The monoisotopic (exact) mass is 406 g/mol. The zero-order chi connectivity index (χ0) is 19.6. The van der Waals surface area contributed by atoms with Gasteiger partial charge in [-0.1, -0.05) is 42.5 Å². The topological polar surface area (TPSA) is 33.2 Å². The van der Waals surface area contributed by atoms with Gasteiger partial charge in [-0.25, -0.2) is 4.98 Å². The van der Waals surface area contributed by atoms with Crippen LogP contribution in [-0.4, -0.2) is 22.8 Å². The van der Waals surface area contributed by atoms with Gasteiger partial charge < -0.3 is 4.90 Å². The Morgan fingerprint density at radius 1 is 1.07 bits per heavy atom. The second-order valence-electron chi connectivity index (χ2n) is 7.24. The molecule has 28 heavy (non-hydrogen) atoms. The van der Waals surface area contributed by atoms with E-state index >= 15 is 0 Å². The van der Waals surface area contributed by atoms with Crippen LogP contribution in [0.4, 0.5) is 0 Å². The van der Waals surface area contributed by atoms with Crippen LogP contribution in [0.15, 0.2) is 71.4 Å². The summed E-state index contributed by atoms with van der Waals surface area (Å²) in [6.45, 7) is 2.66. The maximum absolute atomic E-state index is 13.6. The number of fused-ring (bicyclic) bond motifs is 1. The van der Waals surface area contributed by atoms with E-state index in [1.165, 1.54) is 0 Å². The number of carbonyl (C=O) groups is 1. The average Bonchev–Trinajstić information content (AvgIpc) is 3.36. The van der Waals surface area contributed by atoms with E-state index in [-0.39, 0.29) is 5.91 Å². The lowest BCUT2D eigenvalue weighted by Gasteiger charge is -2.32. The van der Waals surface area contributed by atoms with Gasteiger partial charge in [0.05, 0.1) is 20.6 Å². The van der Waals surface area contributed by atoms with Crippen molar-refractivity contribution in [1.82, 2.24) is 9.88 Å². The second kappa shape index (κ2) is 7.86. The number of carbonyl (C=O) groups excluding carboxylic acids is 1. The van der Waals surface area contributed by atoms with Gasteiger partial charge in [0.25, 0.3) is 0 Å². The van der Waals surface area contributed by atoms with E-state index < -0.39 is 5.41 Å². The van der Waals surface area contributed by atoms with Gasteiger partial charge in [-0.3, -0.25) is 4.79 Å². The number of rotatable bonds is 6. The molecule has 0 aliphatic heterocycles. The molecule has 3 nitrogen and oxygen atoms in total. The minimum Gasteiger partial charge on any atom is -0.341 e. The Labute approximate surface area is 173 Å². The maximum Gasteiger partial charge on any atom is 0.233 e. The molecule has 4 aromatic rings. The zero-order valence-corrected chi connectivity index (χ0v) is 17.6. The molecule has 0 fully saturated rings. The van der Waals surface area contributed by atoms with Crippen molar-refractivity contribution in [3.8, 4) is 0 Å². The van der Waals surface area contributed by atoms with Gasteiger partial charge in [0.1, 0.15) is 0 Å². The highest BCUT2D eigenvalue weighted by Gasteiger charge is 2.38. The Bertz CT molecular complexity index is 1040. The molecule has 4 rings (SSSR count). The highest BCUT2D eigenvalue weighted by atomic mass is 32.1. The molecule has 0 N–H and O–H groups in total. The summed E-state index contributed by atoms with van der Waals surface area (Å²) in [5, 5.41) is 5.13. The summed E-state index contributed by atoms with van der Waals surface area (Å²) in [6, 6.07) is 20.3. The summed E-state index contributed by atoms with van der Waals surface area (Å²) in [5.74, 6) is 0.115. The standard InChI is InChI=1S/C23H22N2OS2/c1-23(18-8-4-3-5-9-18,22(26)25(2)15-17-12-13-27-16-17)14-21-24-19-10-6-7-11-20(19)28-21/h3-13,16H,14-15H2,1-2H3/t23-/m1/s1. The van der Waals surface area contributed by atoms with Gasteiger partial charge in [0.15, 0.2) is 0 Å². The molecule has 0 unspecified atom stereocenters. The summed E-state index contributed by atoms with van der Waals surface area (Å²) in [6.07, 6.45) is 0.586. The minimum atomic E-state index is -0.667. The highest BCUT2D eigenvalue weighted by Crippen LogP contribution is 2.33. The molecule has 0 saturated carbocycles. The van der Waals surface area contributed by atoms with Gasteiger partial charge in [-0.15, -0.1) is 11.3 Å². The first kappa shape index (κ1) is 18.8. The smallest absolute Gasteiger partial charge is 0.233 e. The van der Waals surface area contributed by atoms with Crippen molar-refractivity contribution in [3.63, 3.8) is 0 Å². The van der Waals surface area contributed by atoms with Gasteiger partial charge in [-0.2, -0.15) is 11.3 Å². The fraction of sp³-hybridized carbons (Fsp3) is 0.217. The number of amides is 1. The quantitative estimate of drug-likeness (QED) is 0.423. The minimum absolute atomic E-state index is 0.115. The van der Waals surface area contributed by atoms with Crippen LogP contribution >= 0.6 is 22.7 Å². The molecule has 0 bridgehead atoms. The van der Waals surface area contributed by atoms with Gasteiger partial charge in [0, 0.05) is 20.0 Å². The molecule has 0 aliphatic rings. The maximum atomic E-state index is 13.6. The second-order valence-corrected chi connectivity index (χ2v) is 9.14. The lowest BCUT2D eigenvalue weighted by Crippen LogP contribution is -2.44. The van der Waals surface area contributed by atoms with Crippen molar-refractivity contribution >= 4 is 38.8 Å². The van der Waals surface area contributed by atoms with E-state index in [9.17, 15) is 4.79 Å². The van der Waals surface area contributed by atoms with Crippen LogP contribution in [0.1, 0.15) is 23.1 Å². The van der Waals surface area contributed by atoms with E-state index in [1.807, 2.05) is 72.8 Å². The Morgan fingerprint density at radius 3 is 2.54 bits per heavy atom. The molecular formula is C23H22N2OS2. The molecule has 1 atom stereocenters. The van der Waals surface area contributed by atoms with Gasteiger partial charge >= 0.3 is 0 Å². The Balaban J connectivity index is 1.68. The van der Waals surface area contributed by atoms with E-state index in [0.717, 1.165) is 26.4 Å². The number of likely N-dealkylation sites (N-methyl/N-ethyl adjacent to an activating group) is 1. The van der Waals surface area contributed by atoms with Crippen molar-refractivity contribution in [3.05, 3.63) is 87.6 Å². The van der Waals surface area contributed by atoms with E-state index in [0.29, 0.717) is 13.0 Å². The van der Waals surface area contributed by atoms with E-state index in [4.69, 9.17) is 4.98 Å². The van der Waals surface area contributed by atoms with Crippen molar-refractivity contribution in [2.45, 2.75) is 25.3 Å². The summed E-state index contributed by atoms with van der Waals surface area (Å²) >= 11 is 3.33. The molecule has 0 spiro atoms. The zero-order valence-electron chi connectivity index (χ0n) is 16.0. The first-order valence-electron chi connectivity index (χ1n) is 9.23. The lowest BCUT2D eigenvalue weighted by molar-refractivity contribution is -0.136. The predicted molar refractivity (Wildman–Crippen MR) is 118 cm³/mol. The molecule has 142 valence electrons. The van der Waals surface area contributed by atoms with Crippen LogP contribution in [0.5, 0.6) is 0 Å². The van der Waals surface area contributed by atoms with Crippen LogP contribution in [0.3, 0.4) is 0 Å². The molecular weight excluding hydrogens is 384 g/mol. The van der Waals surface area contributed by atoms with Crippen LogP contribution in [-0.2, 0) is 23.2 Å². The largest absolute Gasteiger partial charge is 0.341 e. The number of para-hydroxylation sites is 1. The number of thiophene rings is 1. The third-order valence-corrected chi connectivity index (χ3v) is 6.84. The van der Waals surface area contributed by atoms with E-state index in [1.54, 1.807) is 22.7 Å². The highest BCUT2D eigenvalue weighted by molar-refractivity contribution is 7.18. The molecule has 0 aliphatic carbocycles. The van der Waals surface area contributed by atoms with Gasteiger partial charge in [-0.05, 0) is 47.0 Å². The third kappa shape index (κ3) is 3.73. The fourth-order valence-electron chi connectivity index (χ4n) is 3.55. The lowest BCUT2D eigenvalue weighted by atomic mass is 9.78. The number of aromatic nitrogens is 1. The summed E-state index contributed by atoms with van der Waals surface area (Å²) in [7, 11) is 1.89. The first-order valence-corrected chi connectivity index (χ1v) is 11.0. The molecule has 1 amide bonds. The Morgan fingerprint density at radius 2 is 1.82 bits per heavy atom. The van der Waals surface area contributed by atoms with Crippen LogP contribution in [0.2, 0.25) is 0 Å². The molecule has 0 saturated heterocycles.